The number of nitrogens with zero attached hydrogens (tertiary/aromatic N) is 1. The van der Waals surface area contributed by atoms with Crippen LogP contribution in [0.5, 0.6) is 5.75 Å². The maximum Gasteiger partial charge on any atom is 0.232 e. The molecule has 0 amide bonds. The summed E-state index contributed by atoms with van der Waals surface area (Å²) in [5.41, 5.74) is 3.89. The third-order valence-corrected chi connectivity index (χ3v) is 5.29. The largest absolute Gasteiger partial charge is 0.497 e. The van der Waals surface area contributed by atoms with Crippen molar-refractivity contribution in [3.8, 4) is 5.75 Å². The molecule has 1 aliphatic heterocycles. The minimum Gasteiger partial charge on any atom is -0.497 e. The van der Waals surface area contributed by atoms with Crippen LogP contribution in [-0.2, 0) is 16.4 Å². The standard InChI is InChI=1S/C17H19NO3S/c1-12-6-4-5-7-15(12)17-11-13-10-14(21-2)8-9-16(13)18(17)22(3,19)20/h4-10,17H,11H2,1-3H3. The Kier molecular flexibility index (Phi) is 3.60. The van der Waals surface area contributed by atoms with E-state index < -0.39 is 10.0 Å². The topological polar surface area (TPSA) is 46.6 Å². The van der Waals surface area contributed by atoms with E-state index in [4.69, 9.17) is 4.74 Å². The zero-order valence-electron chi connectivity index (χ0n) is 12.9. The van der Waals surface area contributed by atoms with Gasteiger partial charge in [0.1, 0.15) is 5.75 Å². The van der Waals surface area contributed by atoms with Crippen LogP contribution in [0, 0.1) is 6.92 Å². The molecule has 1 aliphatic rings. The van der Waals surface area contributed by atoms with Crippen molar-refractivity contribution in [3.05, 3.63) is 59.2 Å². The summed E-state index contributed by atoms with van der Waals surface area (Å²) in [5.74, 6) is 0.748. The predicted octanol–water partition coefficient (Wildman–Crippen LogP) is 3.07. The van der Waals surface area contributed by atoms with Crippen LogP contribution < -0.4 is 9.04 Å². The summed E-state index contributed by atoms with van der Waals surface area (Å²) in [7, 11) is -1.74. The Bertz CT molecular complexity index is 814. The normalized spacial score (nSPS) is 17.4. The predicted molar refractivity (Wildman–Crippen MR) is 87.9 cm³/mol. The lowest BCUT2D eigenvalue weighted by Gasteiger charge is -2.26. The van der Waals surface area contributed by atoms with Crippen molar-refractivity contribution in [1.82, 2.24) is 0 Å². The molecule has 3 rings (SSSR count). The Labute approximate surface area is 131 Å². The summed E-state index contributed by atoms with van der Waals surface area (Å²) in [6.45, 7) is 2.01. The van der Waals surface area contributed by atoms with E-state index in [0.29, 0.717) is 6.42 Å². The fraction of sp³-hybridized carbons (Fsp3) is 0.294. The molecule has 0 radical (unpaired) electrons. The quantitative estimate of drug-likeness (QED) is 0.874. The van der Waals surface area contributed by atoms with Crippen LogP contribution in [0.1, 0.15) is 22.7 Å². The molecular weight excluding hydrogens is 298 g/mol. The van der Waals surface area contributed by atoms with Gasteiger partial charge < -0.3 is 4.74 Å². The summed E-state index contributed by atoms with van der Waals surface area (Å²) >= 11 is 0. The molecule has 22 heavy (non-hydrogen) atoms. The lowest BCUT2D eigenvalue weighted by atomic mass is 9.98. The van der Waals surface area contributed by atoms with Crippen LogP contribution in [0.15, 0.2) is 42.5 Å². The lowest BCUT2D eigenvalue weighted by molar-refractivity contribution is 0.414. The molecule has 0 fully saturated rings. The van der Waals surface area contributed by atoms with E-state index in [0.717, 1.165) is 28.1 Å². The van der Waals surface area contributed by atoms with Crippen LogP contribution in [0.2, 0.25) is 0 Å². The number of methoxy groups -OCH3 is 1. The Morgan fingerprint density at radius 2 is 1.91 bits per heavy atom. The van der Waals surface area contributed by atoms with Gasteiger partial charge in [-0.2, -0.15) is 0 Å². The lowest BCUT2D eigenvalue weighted by Crippen LogP contribution is -2.31. The number of aryl methyl sites for hydroxylation is 1. The van der Waals surface area contributed by atoms with Crippen LogP contribution in [0.4, 0.5) is 5.69 Å². The van der Waals surface area contributed by atoms with Gasteiger partial charge in [-0.15, -0.1) is 0 Å². The summed E-state index contributed by atoms with van der Waals surface area (Å²) in [6, 6.07) is 13.3. The van der Waals surface area contributed by atoms with E-state index in [1.807, 2.05) is 43.3 Å². The number of anilines is 1. The first kappa shape index (κ1) is 14.9. The third-order valence-electron chi connectivity index (χ3n) is 4.13. The maximum absolute atomic E-state index is 12.3. The minimum absolute atomic E-state index is 0.196. The maximum atomic E-state index is 12.3. The molecule has 0 N–H and O–H groups in total. The number of ether oxygens (including phenoxy) is 1. The van der Waals surface area contributed by atoms with Gasteiger partial charge in [0.05, 0.1) is 25.1 Å². The van der Waals surface area contributed by atoms with E-state index >= 15 is 0 Å². The van der Waals surface area contributed by atoms with Gasteiger partial charge in [0, 0.05) is 6.42 Å². The second-order valence-corrected chi connectivity index (χ2v) is 7.49. The number of fused-ring (bicyclic) bond motifs is 1. The van der Waals surface area contributed by atoms with Crippen LogP contribution in [-0.4, -0.2) is 21.8 Å². The van der Waals surface area contributed by atoms with Crippen molar-refractivity contribution < 1.29 is 13.2 Å². The highest BCUT2D eigenvalue weighted by atomic mass is 32.2. The zero-order chi connectivity index (χ0) is 15.9. The van der Waals surface area contributed by atoms with Crippen LogP contribution in [0.3, 0.4) is 0 Å². The molecule has 2 aromatic rings. The van der Waals surface area contributed by atoms with Crippen LogP contribution >= 0.6 is 0 Å². The molecule has 116 valence electrons. The molecule has 1 unspecified atom stereocenters. The van der Waals surface area contributed by atoms with Gasteiger partial charge in [-0.25, -0.2) is 8.42 Å². The van der Waals surface area contributed by atoms with E-state index in [2.05, 4.69) is 0 Å². The van der Waals surface area contributed by atoms with Gasteiger partial charge in [0.25, 0.3) is 0 Å². The highest BCUT2D eigenvalue weighted by Gasteiger charge is 2.37. The number of hydrogen-bond donors (Lipinski definition) is 0. The number of sulfonamides is 1. The Balaban J connectivity index is 2.15. The van der Waals surface area contributed by atoms with Gasteiger partial charge in [0.15, 0.2) is 0 Å². The average Bonchev–Trinajstić information content (AvgIpc) is 2.85. The monoisotopic (exact) mass is 317 g/mol. The molecule has 4 nitrogen and oxygen atoms in total. The Morgan fingerprint density at radius 1 is 1.18 bits per heavy atom. The molecule has 5 heteroatoms. The van der Waals surface area contributed by atoms with Crippen molar-refractivity contribution in [2.75, 3.05) is 17.7 Å². The minimum atomic E-state index is -3.36. The van der Waals surface area contributed by atoms with Crippen molar-refractivity contribution in [2.45, 2.75) is 19.4 Å². The van der Waals surface area contributed by atoms with E-state index in [1.165, 1.54) is 10.6 Å². The molecule has 0 saturated heterocycles. The first-order valence-electron chi connectivity index (χ1n) is 7.13. The van der Waals surface area contributed by atoms with Gasteiger partial charge in [-0.1, -0.05) is 24.3 Å². The van der Waals surface area contributed by atoms with Gasteiger partial charge in [-0.05, 0) is 41.8 Å². The van der Waals surface area contributed by atoms with Crippen molar-refractivity contribution in [3.63, 3.8) is 0 Å². The van der Waals surface area contributed by atoms with Gasteiger partial charge in [-0.3, -0.25) is 4.31 Å². The highest BCUT2D eigenvalue weighted by Crippen LogP contribution is 2.44. The molecule has 0 spiro atoms. The van der Waals surface area contributed by atoms with E-state index in [9.17, 15) is 8.42 Å². The van der Waals surface area contributed by atoms with E-state index in [1.54, 1.807) is 13.2 Å². The summed E-state index contributed by atoms with van der Waals surface area (Å²) < 4.78 is 31.5. The molecular formula is C17H19NO3S. The van der Waals surface area contributed by atoms with E-state index in [-0.39, 0.29) is 6.04 Å². The van der Waals surface area contributed by atoms with Crippen molar-refractivity contribution >= 4 is 15.7 Å². The number of benzene rings is 2. The second-order valence-electron chi connectivity index (χ2n) is 5.63. The molecule has 1 atom stereocenters. The zero-order valence-corrected chi connectivity index (χ0v) is 13.7. The highest BCUT2D eigenvalue weighted by molar-refractivity contribution is 7.92. The third kappa shape index (κ3) is 2.46. The smallest absolute Gasteiger partial charge is 0.232 e. The van der Waals surface area contributed by atoms with Crippen molar-refractivity contribution in [1.29, 1.82) is 0 Å². The first-order chi connectivity index (χ1) is 10.4. The average molecular weight is 317 g/mol. The molecule has 0 aliphatic carbocycles. The Morgan fingerprint density at radius 3 is 2.55 bits per heavy atom. The fourth-order valence-corrected chi connectivity index (χ4v) is 4.32. The summed E-state index contributed by atoms with van der Waals surface area (Å²) in [6.07, 6.45) is 1.92. The SMILES string of the molecule is COc1ccc2c(c1)CC(c1ccccc1C)N2S(C)(=O)=O. The number of rotatable bonds is 3. The van der Waals surface area contributed by atoms with Gasteiger partial charge in [0.2, 0.25) is 10.0 Å². The van der Waals surface area contributed by atoms with Gasteiger partial charge >= 0.3 is 0 Å². The van der Waals surface area contributed by atoms with Crippen molar-refractivity contribution in [2.24, 2.45) is 0 Å². The van der Waals surface area contributed by atoms with Crippen LogP contribution in [0.25, 0.3) is 0 Å². The molecule has 0 aromatic heterocycles. The first-order valence-corrected chi connectivity index (χ1v) is 8.98. The summed E-state index contributed by atoms with van der Waals surface area (Å²) in [5, 5.41) is 0. The molecule has 0 saturated carbocycles. The molecule has 0 bridgehead atoms. The molecule has 2 aromatic carbocycles. The second kappa shape index (κ2) is 5.32. The fourth-order valence-electron chi connectivity index (χ4n) is 3.13. The Hall–Kier alpha value is -2.01. The number of hydrogen-bond acceptors (Lipinski definition) is 3. The molecule has 1 heterocycles. The summed E-state index contributed by atoms with van der Waals surface area (Å²) in [4.78, 5) is 0.